The van der Waals surface area contributed by atoms with Gasteiger partial charge in [-0.1, -0.05) is 0 Å². The van der Waals surface area contributed by atoms with Gasteiger partial charge in [-0.2, -0.15) is 0 Å². The van der Waals surface area contributed by atoms with Crippen molar-refractivity contribution in [2.45, 2.75) is 18.9 Å². The molecule has 0 bridgehead atoms. The minimum absolute atomic E-state index is 0. The third-order valence-corrected chi connectivity index (χ3v) is 3.66. The van der Waals surface area contributed by atoms with Crippen LogP contribution in [0.3, 0.4) is 0 Å². The van der Waals surface area contributed by atoms with E-state index in [9.17, 15) is 5.11 Å². The third-order valence-electron chi connectivity index (χ3n) is 3.66. The van der Waals surface area contributed by atoms with Crippen LogP contribution in [0.2, 0.25) is 0 Å². The number of hydrogen-bond acceptors (Lipinski definition) is 5. The summed E-state index contributed by atoms with van der Waals surface area (Å²) in [6.45, 7) is 1.51. The van der Waals surface area contributed by atoms with Gasteiger partial charge in [-0.25, -0.2) is 0 Å². The first-order chi connectivity index (χ1) is 9.17. The maximum Gasteiger partial charge on any atom is 0.200 e. The van der Waals surface area contributed by atoms with Gasteiger partial charge in [0.05, 0.1) is 14.2 Å². The van der Waals surface area contributed by atoms with E-state index in [1.165, 1.54) is 14.2 Å². The first-order valence-electron chi connectivity index (χ1n) is 6.45. The topological polar surface area (TPSA) is 73.9 Å². The fourth-order valence-electron chi connectivity index (χ4n) is 2.45. The summed E-state index contributed by atoms with van der Waals surface area (Å²) in [5.41, 5.74) is 7.23. The monoisotopic (exact) mass is 303 g/mol. The number of methoxy groups -OCH3 is 2. The molecule has 20 heavy (non-hydrogen) atoms. The Morgan fingerprint density at radius 3 is 2.15 bits per heavy atom. The second-order valence-electron chi connectivity index (χ2n) is 4.75. The van der Waals surface area contributed by atoms with Crippen LogP contribution in [0, 0.1) is 5.92 Å². The normalized spacial score (nSPS) is 17.1. The van der Waals surface area contributed by atoms with Gasteiger partial charge in [0.1, 0.15) is 0 Å². The minimum Gasteiger partial charge on any atom is -0.502 e. The van der Waals surface area contributed by atoms with Crippen molar-refractivity contribution in [1.82, 2.24) is 0 Å². The van der Waals surface area contributed by atoms with E-state index in [0.29, 0.717) is 17.4 Å². The van der Waals surface area contributed by atoms with Gasteiger partial charge in [0, 0.05) is 19.3 Å². The molecular weight excluding hydrogens is 282 g/mol. The number of halogens is 1. The average Bonchev–Trinajstić information content (AvgIpc) is 2.47. The second-order valence-corrected chi connectivity index (χ2v) is 4.75. The number of phenols is 1. The van der Waals surface area contributed by atoms with Crippen LogP contribution in [0.5, 0.6) is 17.2 Å². The van der Waals surface area contributed by atoms with E-state index in [1.807, 2.05) is 0 Å². The summed E-state index contributed by atoms with van der Waals surface area (Å²) in [6, 6.07) is 3.45. The summed E-state index contributed by atoms with van der Waals surface area (Å²) in [5.74, 6) is 1.16. The molecule has 5 nitrogen and oxygen atoms in total. The lowest BCUT2D eigenvalue weighted by molar-refractivity contribution is 0.0583. The van der Waals surface area contributed by atoms with Gasteiger partial charge in [0.2, 0.25) is 5.75 Å². The third kappa shape index (κ3) is 3.48. The number of phenolic OH excluding ortho intramolecular Hbond substituents is 1. The van der Waals surface area contributed by atoms with E-state index < -0.39 is 0 Å². The Morgan fingerprint density at radius 1 is 1.20 bits per heavy atom. The Bertz CT molecular complexity index is 410. The summed E-state index contributed by atoms with van der Waals surface area (Å²) in [7, 11) is 3.02. The molecule has 1 aromatic rings. The molecule has 6 heteroatoms. The number of ether oxygens (including phenoxy) is 3. The van der Waals surface area contributed by atoms with Crippen LogP contribution in [-0.2, 0) is 4.74 Å². The number of nitrogens with two attached hydrogens (primary N) is 1. The van der Waals surface area contributed by atoms with Crippen molar-refractivity contribution in [3.8, 4) is 17.2 Å². The van der Waals surface area contributed by atoms with Crippen LogP contribution in [0.15, 0.2) is 12.1 Å². The predicted octanol–water partition coefficient (Wildman–Crippen LogP) is 2.26. The van der Waals surface area contributed by atoms with Crippen LogP contribution >= 0.6 is 12.4 Å². The molecule has 1 atom stereocenters. The molecule has 0 unspecified atom stereocenters. The molecular formula is C14H22ClNO4. The highest BCUT2D eigenvalue weighted by Gasteiger charge is 2.24. The van der Waals surface area contributed by atoms with Crippen molar-refractivity contribution in [3.05, 3.63) is 17.7 Å². The van der Waals surface area contributed by atoms with Crippen molar-refractivity contribution in [3.63, 3.8) is 0 Å². The molecule has 1 aliphatic heterocycles. The van der Waals surface area contributed by atoms with Crippen LogP contribution < -0.4 is 15.2 Å². The summed E-state index contributed by atoms with van der Waals surface area (Å²) < 4.78 is 15.7. The summed E-state index contributed by atoms with van der Waals surface area (Å²) in [6.07, 6.45) is 1.90. The van der Waals surface area contributed by atoms with E-state index >= 15 is 0 Å². The van der Waals surface area contributed by atoms with Gasteiger partial charge in [-0.05, 0) is 36.5 Å². The molecule has 1 aromatic carbocycles. The van der Waals surface area contributed by atoms with Crippen LogP contribution in [0.4, 0.5) is 0 Å². The zero-order valence-electron chi connectivity index (χ0n) is 11.8. The second kappa shape index (κ2) is 7.57. The van der Waals surface area contributed by atoms with E-state index in [2.05, 4.69) is 0 Å². The Kier molecular flexibility index (Phi) is 6.39. The standard InChI is InChI=1S/C14H21NO4.ClH/c1-17-11-7-10(8-12(18-2)14(11)16)13(15)9-3-5-19-6-4-9;/h7-9,13,16H,3-6,15H2,1-2H3;1H/t13-;/m0./s1. The number of benzene rings is 1. The highest BCUT2D eigenvalue weighted by molar-refractivity contribution is 5.85. The van der Waals surface area contributed by atoms with Crippen molar-refractivity contribution in [2.75, 3.05) is 27.4 Å². The molecule has 0 aromatic heterocycles. The van der Waals surface area contributed by atoms with Crippen molar-refractivity contribution >= 4 is 12.4 Å². The van der Waals surface area contributed by atoms with Crippen LogP contribution in [0.25, 0.3) is 0 Å². The van der Waals surface area contributed by atoms with Gasteiger partial charge >= 0.3 is 0 Å². The highest BCUT2D eigenvalue weighted by atomic mass is 35.5. The van der Waals surface area contributed by atoms with E-state index in [1.54, 1.807) is 12.1 Å². The molecule has 114 valence electrons. The lowest BCUT2D eigenvalue weighted by Crippen LogP contribution is -2.27. The Labute approximate surface area is 125 Å². The fourth-order valence-corrected chi connectivity index (χ4v) is 2.45. The van der Waals surface area contributed by atoms with E-state index in [-0.39, 0.29) is 24.2 Å². The van der Waals surface area contributed by atoms with Gasteiger partial charge in [0.15, 0.2) is 11.5 Å². The molecule has 1 fully saturated rings. The molecule has 0 saturated carbocycles. The van der Waals surface area contributed by atoms with Crippen molar-refractivity contribution in [2.24, 2.45) is 11.7 Å². The Morgan fingerprint density at radius 2 is 1.70 bits per heavy atom. The van der Waals surface area contributed by atoms with E-state index in [0.717, 1.165) is 31.6 Å². The number of aromatic hydroxyl groups is 1. The quantitative estimate of drug-likeness (QED) is 0.892. The summed E-state index contributed by atoms with van der Waals surface area (Å²) in [4.78, 5) is 0. The number of rotatable bonds is 4. The molecule has 1 aliphatic rings. The predicted molar refractivity (Wildman–Crippen MR) is 78.9 cm³/mol. The molecule has 0 spiro atoms. The van der Waals surface area contributed by atoms with Crippen molar-refractivity contribution in [1.29, 1.82) is 0 Å². The molecule has 3 N–H and O–H groups in total. The molecule has 0 aliphatic carbocycles. The summed E-state index contributed by atoms with van der Waals surface area (Å²) >= 11 is 0. The molecule has 1 saturated heterocycles. The zero-order valence-corrected chi connectivity index (χ0v) is 12.6. The van der Waals surface area contributed by atoms with Gasteiger partial charge in [0.25, 0.3) is 0 Å². The van der Waals surface area contributed by atoms with Crippen LogP contribution in [0.1, 0.15) is 24.4 Å². The van der Waals surface area contributed by atoms with Crippen molar-refractivity contribution < 1.29 is 19.3 Å². The minimum atomic E-state index is -0.104. The lowest BCUT2D eigenvalue weighted by Gasteiger charge is -2.28. The SMILES string of the molecule is COc1cc([C@@H](N)C2CCOCC2)cc(OC)c1O.Cl. The smallest absolute Gasteiger partial charge is 0.200 e. The van der Waals surface area contributed by atoms with E-state index in [4.69, 9.17) is 19.9 Å². The van der Waals surface area contributed by atoms with Gasteiger partial charge in [-0.3, -0.25) is 0 Å². The van der Waals surface area contributed by atoms with Gasteiger partial charge < -0.3 is 25.1 Å². The average molecular weight is 304 g/mol. The first kappa shape index (κ1) is 16.9. The first-order valence-corrected chi connectivity index (χ1v) is 6.45. The Hall–Kier alpha value is -1.17. The fraction of sp³-hybridized carbons (Fsp3) is 0.571. The maximum absolute atomic E-state index is 9.89. The molecule has 0 radical (unpaired) electrons. The highest BCUT2D eigenvalue weighted by Crippen LogP contribution is 2.40. The molecule has 2 rings (SSSR count). The lowest BCUT2D eigenvalue weighted by atomic mass is 9.87. The molecule has 0 amide bonds. The maximum atomic E-state index is 9.89. The molecule has 1 heterocycles. The zero-order chi connectivity index (χ0) is 13.8. The Balaban J connectivity index is 0.00000200. The largest absolute Gasteiger partial charge is 0.502 e. The summed E-state index contributed by atoms with van der Waals surface area (Å²) in [5, 5.41) is 9.89. The van der Waals surface area contributed by atoms with Gasteiger partial charge in [-0.15, -0.1) is 12.4 Å². The van der Waals surface area contributed by atoms with Crippen LogP contribution in [-0.4, -0.2) is 32.5 Å². The number of hydrogen-bond donors (Lipinski definition) is 2.